The third kappa shape index (κ3) is 2.33. The van der Waals surface area contributed by atoms with E-state index >= 15 is 0 Å². The van der Waals surface area contributed by atoms with Crippen molar-refractivity contribution in [2.24, 2.45) is 22.7 Å². The maximum atomic E-state index is 13.4. The summed E-state index contributed by atoms with van der Waals surface area (Å²) in [7, 11) is 0. The van der Waals surface area contributed by atoms with Crippen LogP contribution in [0.4, 0.5) is 0 Å². The Kier molecular flexibility index (Phi) is 3.95. The molecule has 6 atom stereocenters. The van der Waals surface area contributed by atoms with Gasteiger partial charge in [-0.05, 0) is 37.8 Å². The lowest BCUT2D eigenvalue weighted by Crippen LogP contribution is -2.59. The molecule has 0 aromatic carbocycles. The van der Waals surface area contributed by atoms with Gasteiger partial charge in [0.15, 0.2) is 0 Å². The van der Waals surface area contributed by atoms with Gasteiger partial charge in [-0.25, -0.2) is 0 Å². The van der Waals surface area contributed by atoms with Crippen LogP contribution in [0.25, 0.3) is 0 Å². The first-order chi connectivity index (χ1) is 13.9. The molecular weight excluding hydrogens is 376 g/mol. The molecule has 0 amide bonds. The van der Waals surface area contributed by atoms with Gasteiger partial charge >= 0.3 is 17.9 Å². The van der Waals surface area contributed by atoms with Crippen LogP contribution < -0.4 is 0 Å². The predicted octanol–water partition coefficient (Wildman–Crippen LogP) is 3.11. The Morgan fingerprint density at radius 1 is 1.28 bits per heavy atom. The number of esters is 3. The van der Waals surface area contributed by atoms with Crippen LogP contribution in [-0.4, -0.2) is 30.6 Å². The van der Waals surface area contributed by atoms with Crippen molar-refractivity contribution in [3.8, 4) is 0 Å². The van der Waals surface area contributed by atoms with Gasteiger partial charge in [0.25, 0.3) is 0 Å². The van der Waals surface area contributed by atoms with E-state index in [0.717, 1.165) is 24.0 Å². The van der Waals surface area contributed by atoms with Crippen LogP contribution in [0, 0.1) is 22.7 Å². The second-order valence-corrected chi connectivity index (χ2v) is 8.76. The zero-order chi connectivity index (χ0) is 20.4. The maximum Gasteiger partial charge on any atom is 0.317 e. The molecule has 7 nitrogen and oxygen atoms in total. The lowest BCUT2D eigenvalue weighted by atomic mass is 9.46. The molecule has 2 aliphatic heterocycles. The summed E-state index contributed by atoms with van der Waals surface area (Å²) in [5.41, 5.74) is 0.110. The van der Waals surface area contributed by atoms with Crippen molar-refractivity contribution in [2.75, 3.05) is 6.61 Å². The van der Waals surface area contributed by atoms with Crippen LogP contribution in [0.3, 0.4) is 0 Å². The molecule has 4 aliphatic rings. The summed E-state index contributed by atoms with van der Waals surface area (Å²) >= 11 is 0. The first-order valence-corrected chi connectivity index (χ1v) is 10.2. The molecule has 1 aromatic heterocycles. The Hall–Kier alpha value is -2.57. The third-order valence-corrected chi connectivity index (χ3v) is 7.60. The third-order valence-electron chi connectivity index (χ3n) is 7.60. The summed E-state index contributed by atoms with van der Waals surface area (Å²) in [6, 6.07) is 1.81. The minimum absolute atomic E-state index is 0.0727. The van der Waals surface area contributed by atoms with Gasteiger partial charge in [0.1, 0.15) is 18.8 Å². The molecule has 1 aromatic rings. The first kappa shape index (κ1) is 18.5. The Labute approximate surface area is 168 Å². The molecule has 2 aliphatic carbocycles. The smallest absolute Gasteiger partial charge is 0.317 e. The van der Waals surface area contributed by atoms with Gasteiger partial charge in [-0.15, -0.1) is 0 Å². The Bertz CT molecular complexity index is 900. The first-order valence-electron chi connectivity index (χ1n) is 10.2. The van der Waals surface area contributed by atoms with E-state index in [0.29, 0.717) is 12.8 Å². The Morgan fingerprint density at radius 2 is 2.10 bits per heavy atom. The van der Waals surface area contributed by atoms with Crippen molar-refractivity contribution in [1.29, 1.82) is 0 Å². The molecule has 5 rings (SSSR count). The normalized spacial score (nSPS) is 40.3. The summed E-state index contributed by atoms with van der Waals surface area (Å²) in [6.45, 7) is 3.35. The fraction of sp³-hybridized carbons (Fsp3) is 0.591. The van der Waals surface area contributed by atoms with Crippen LogP contribution >= 0.6 is 0 Å². The number of fused-ring (bicyclic) bond motifs is 1. The van der Waals surface area contributed by atoms with Gasteiger partial charge < -0.3 is 18.6 Å². The highest BCUT2D eigenvalue weighted by molar-refractivity contribution is 5.86. The number of carbonyl (C=O) groups excluding carboxylic acids is 3. The summed E-state index contributed by atoms with van der Waals surface area (Å²) in [6.07, 6.45) is 6.90. The van der Waals surface area contributed by atoms with Gasteiger partial charge in [-0.1, -0.05) is 12.0 Å². The highest BCUT2D eigenvalue weighted by atomic mass is 16.6. The van der Waals surface area contributed by atoms with Crippen molar-refractivity contribution >= 4 is 17.9 Å². The molecule has 7 heteroatoms. The number of hydrogen-bond acceptors (Lipinski definition) is 7. The van der Waals surface area contributed by atoms with Crippen LogP contribution in [0.15, 0.2) is 34.7 Å². The summed E-state index contributed by atoms with van der Waals surface area (Å²) < 4.78 is 22.2. The Morgan fingerprint density at radius 3 is 2.83 bits per heavy atom. The van der Waals surface area contributed by atoms with Crippen molar-refractivity contribution in [2.45, 2.75) is 51.7 Å². The fourth-order valence-corrected chi connectivity index (χ4v) is 6.31. The van der Waals surface area contributed by atoms with Gasteiger partial charge in [-0.2, -0.15) is 0 Å². The quantitative estimate of drug-likeness (QED) is 0.437. The SMILES string of the molecule is CC(=O)OCC12C3C=C(C)C4(CC(c5ccoc5)OC4=O)C1CCCC2C(=O)O3. The lowest BCUT2D eigenvalue weighted by Gasteiger charge is -2.54. The van der Waals surface area contributed by atoms with E-state index in [9.17, 15) is 14.4 Å². The monoisotopic (exact) mass is 400 g/mol. The largest absolute Gasteiger partial charge is 0.472 e. The number of rotatable bonds is 3. The van der Waals surface area contributed by atoms with Crippen LogP contribution in [-0.2, 0) is 28.6 Å². The van der Waals surface area contributed by atoms with E-state index in [4.69, 9.17) is 18.6 Å². The zero-order valence-electron chi connectivity index (χ0n) is 16.5. The minimum atomic E-state index is -0.856. The number of cyclic esters (lactones) is 1. The molecule has 1 spiro atoms. The highest BCUT2D eigenvalue weighted by Gasteiger charge is 2.72. The van der Waals surface area contributed by atoms with Gasteiger partial charge in [-0.3, -0.25) is 14.4 Å². The molecule has 29 heavy (non-hydrogen) atoms. The van der Waals surface area contributed by atoms with Gasteiger partial charge in [0.05, 0.1) is 29.3 Å². The molecule has 6 unspecified atom stereocenters. The molecule has 2 saturated heterocycles. The summed E-state index contributed by atoms with van der Waals surface area (Å²) in [5.74, 6) is -1.51. The molecule has 0 radical (unpaired) electrons. The van der Waals surface area contributed by atoms with Gasteiger partial charge in [0, 0.05) is 18.9 Å². The van der Waals surface area contributed by atoms with Gasteiger partial charge in [0.2, 0.25) is 0 Å². The van der Waals surface area contributed by atoms with Crippen molar-refractivity contribution in [3.05, 3.63) is 35.8 Å². The van der Waals surface area contributed by atoms with Crippen molar-refractivity contribution in [3.63, 3.8) is 0 Å². The van der Waals surface area contributed by atoms with E-state index in [-0.39, 0.29) is 30.4 Å². The molecule has 0 bridgehead atoms. The molecule has 1 saturated carbocycles. The van der Waals surface area contributed by atoms with Crippen LogP contribution in [0.5, 0.6) is 0 Å². The van der Waals surface area contributed by atoms with Crippen LogP contribution in [0.1, 0.15) is 51.2 Å². The molecule has 154 valence electrons. The molecule has 3 heterocycles. The van der Waals surface area contributed by atoms with E-state index in [1.165, 1.54) is 6.92 Å². The van der Waals surface area contributed by atoms with E-state index in [1.807, 2.05) is 19.1 Å². The zero-order valence-corrected chi connectivity index (χ0v) is 16.5. The molecule has 3 fully saturated rings. The number of carbonyl (C=O) groups is 3. The molecular formula is C22H24O7. The Balaban J connectivity index is 1.63. The van der Waals surface area contributed by atoms with E-state index in [2.05, 4.69) is 0 Å². The predicted molar refractivity (Wildman–Crippen MR) is 98.1 cm³/mol. The van der Waals surface area contributed by atoms with Crippen molar-refractivity contribution in [1.82, 2.24) is 0 Å². The maximum absolute atomic E-state index is 13.4. The number of furan rings is 1. The minimum Gasteiger partial charge on any atom is -0.472 e. The molecule has 0 N–H and O–H groups in total. The lowest BCUT2D eigenvalue weighted by molar-refractivity contribution is -0.165. The number of ether oxygens (including phenoxy) is 3. The average molecular weight is 400 g/mol. The standard InChI is InChI=1S/C22H24O7/c1-12-8-18-22(11-27-13(2)23)15(19(24)29-18)4-3-5-17(22)21(12)9-16(28-20(21)25)14-6-7-26-10-14/h6-8,10,15-18H,3-5,9,11H2,1-2H3. The van der Waals surface area contributed by atoms with Crippen LogP contribution in [0.2, 0.25) is 0 Å². The topological polar surface area (TPSA) is 92.0 Å². The fourth-order valence-electron chi connectivity index (χ4n) is 6.31. The number of hydrogen-bond donors (Lipinski definition) is 0. The average Bonchev–Trinajstić information content (AvgIpc) is 3.38. The van der Waals surface area contributed by atoms with Crippen molar-refractivity contribution < 1.29 is 33.0 Å². The summed E-state index contributed by atoms with van der Waals surface area (Å²) in [4.78, 5) is 37.8. The van der Waals surface area contributed by atoms with E-state index in [1.54, 1.807) is 12.5 Å². The van der Waals surface area contributed by atoms with E-state index < -0.39 is 29.0 Å². The summed E-state index contributed by atoms with van der Waals surface area (Å²) in [5, 5.41) is 0. The highest BCUT2D eigenvalue weighted by Crippen LogP contribution is 2.67. The second-order valence-electron chi connectivity index (χ2n) is 8.76. The second kappa shape index (κ2) is 6.21.